The summed E-state index contributed by atoms with van der Waals surface area (Å²) >= 11 is 0. The molecule has 1 aliphatic heterocycles. The molecule has 3 N–H and O–H groups in total. The lowest BCUT2D eigenvalue weighted by Crippen LogP contribution is -2.32. The highest BCUT2D eigenvalue weighted by Gasteiger charge is 2.21. The standard InChI is InChI=1S/C12H17N3O/c13-12-10(2-1-5-15-12)8-11(16)9-3-6-14-7-4-9/h1-2,5,9,14H,3-4,6-8H2,(H2,13,15). The number of pyridine rings is 1. The van der Waals surface area contributed by atoms with Gasteiger partial charge in [-0.05, 0) is 32.0 Å². The lowest BCUT2D eigenvalue weighted by molar-refractivity contribution is -0.122. The molecule has 0 unspecified atom stereocenters. The molecule has 2 heterocycles. The number of ketones is 1. The van der Waals surface area contributed by atoms with Gasteiger partial charge >= 0.3 is 0 Å². The number of nitrogen functional groups attached to an aromatic ring is 1. The van der Waals surface area contributed by atoms with Gasteiger partial charge in [0.2, 0.25) is 0 Å². The Morgan fingerprint density at radius 3 is 2.94 bits per heavy atom. The minimum Gasteiger partial charge on any atom is -0.383 e. The van der Waals surface area contributed by atoms with E-state index in [-0.39, 0.29) is 5.92 Å². The van der Waals surface area contributed by atoms with Crippen LogP contribution in [-0.2, 0) is 11.2 Å². The van der Waals surface area contributed by atoms with Gasteiger partial charge in [-0.1, -0.05) is 6.07 Å². The molecule has 0 aromatic carbocycles. The number of hydrogen-bond donors (Lipinski definition) is 2. The van der Waals surface area contributed by atoms with Gasteiger partial charge < -0.3 is 11.1 Å². The largest absolute Gasteiger partial charge is 0.383 e. The van der Waals surface area contributed by atoms with Crippen molar-refractivity contribution in [2.24, 2.45) is 5.92 Å². The number of carbonyl (C=O) groups is 1. The van der Waals surface area contributed by atoms with Crippen molar-refractivity contribution in [2.45, 2.75) is 19.3 Å². The molecule has 0 radical (unpaired) electrons. The number of piperidine rings is 1. The highest BCUT2D eigenvalue weighted by molar-refractivity contribution is 5.84. The Bertz CT molecular complexity index is 372. The maximum Gasteiger partial charge on any atom is 0.140 e. The molecule has 4 nitrogen and oxygen atoms in total. The number of hydrogen-bond acceptors (Lipinski definition) is 4. The summed E-state index contributed by atoms with van der Waals surface area (Å²) in [5.74, 6) is 0.965. The second kappa shape index (κ2) is 5.07. The van der Waals surface area contributed by atoms with Crippen LogP contribution < -0.4 is 11.1 Å². The van der Waals surface area contributed by atoms with E-state index in [0.717, 1.165) is 31.5 Å². The molecule has 1 fully saturated rings. The molecule has 1 saturated heterocycles. The summed E-state index contributed by atoms with van der Waals surface area (Å²) in [7, 11) is 0. The smallest absolute Gasteiger partial charge is 0.140 e. The normalized spacial score (nSPS) is 17.2. The highest BCUT2D eigenvalue weighted by atomic mass is 16.1. The van der Waals surface area contributed by atoms with E-state index in [4.69, 9.17) is 5.73 Å². The fourth-order valence-electron chi connectivity index (χ4n) is 2.08. The molecule has 0 spiro atoms. The van der Waals surface area contributed by atoms with Gasteiger partial charge in [0.1, 0.15) is 11.6 Å². The molecule has 2 rings (SSSR count). The summed E-state index contributed by atoms with van der Waals surface area (Å²) in [6.45, 7) is 1.89. The van der Waals surface area contributed by atoms with E-state index in [1.165, 1.54) is 0 Å². The van der Waals surface area contributed by atoms with Crippen LogP contribution in [0.15, 0.2) is 18.3 Å². The number of nitrogens with zero attached hydrogens (tertiary/aromatic N) is 1. The average Bonchev–Trinajstić information content (AvgIpc) is 2.33. The molecule has 0 saturated carbocycles. The third kappa shape index (κ3) is 2.58. The second-order valence-electron chi connectivity index (χ2n) is 4.22. The fraction of sp³-hybridized carbons (Fsp3) is 0.500. The average molecular weight is 219 g/mol. The Morgan fingerprint density at radius 2 is 2.25 bits per heavy atom. The van der Waals surface area contributed by atoms with E-state index in [1.807, 2.05) is 12.1 Å². The van der Waals surface area contributed by atoms with Gasteiger partial charge in [0.25, 0.3) is 0 Å². The zero-order valence-electron chi connectivity index (χ0n) is 9.28. The molecule has 0 bridgehead atoms. The SMILES string of the molecule is Nc1ncccc1CC(=O)C1CCNCC1. The molecule has 0 aliphatic carbocycles. The van der Waals surface area contributed by atoms with Crippen molar-refractivity contribution in [3.63, 3.8) is 0 Å². The van der Waals surface area contributed by atoms with Crippen LogP contribution in [0.4, 0.5) is 5.82 Å². The summed E-state index contributed by atoms with van der Waals surface area (Å²) < 4.78 is 0. The van der Waals surface area contributed by atoms with Crippen molar-refractivity contribution < 1.29 is 4.79 Å². The van der Waals surface area contributed by atoms with Crippen LogP contribution in [0.3, 0.4) is 0 Å². The molecule has 1 aliphatic rings. The van der Waals surface area contributed by atoms with E-state index in [0.29, 0.717) is 18.0 Å². The lowest BCUT2D eigenvalue weighted by atomic mass is 9.90. The zero-order chi connectivity index (χ0) is 11.4. The summed E-state index contributed by atoms with van der Waals surface area (Å²) in [5, 5.41) is 3.26. The topological polar surface area (TPSA) is 68.0 Å². The van der Waals surface area contributed by atoms with Gasteiger partial charge in [0.15, 0.2) is 0 Å². The van der Waals surface area contributed by atoms with Crippen molar-refractivity contribution in [2.75, 3.05) is 18.8 Å². The molecule has 16 heavy (non-hydrogen) atoms. The maximum atomic E-state index is 12.0. The molecule has 86 valence electrons. The maximum absolute atomic E-state index is 12.0. The molecule has 0 amide bonds. The number of rotatable bonds is 3. The van der Waals surface area contributed by atoms with Crippen molar-refractivity contribution in [3.8, 4) is 0 Å². The van der Waals surface area contributed by atoms with Gasteiger partial charge in [-0.15, -0.1) is 0 Å². The zero-order valence-corrected chi connectivity index (χ0v) is 9.28. The Labute approximate surface area is 95.3 Å². The van der Waals surface area contributed by atoms with Crippen molar-refractivity contribution in [3.05, 3.63) is 23.9 Å². The van der Waals surface area contributed by atoms with Crippen LogP contribution in [0.25, 0.3) is 0 Å². The van der Waals surface area contributed by atoms with Gasteiger partial charge in [0.05, 0.1) is 0 Å². The van der Waals surface area contributed by atoms with Gasteiger partial charge in [0, 0.05) is 24.1 Å². The number of anilines is 1. The predicted molar refractivity (Wildman–Crippen MR) is 63.0 cm³/mol. The van der Waals surface area contributed by atoms with Crippen molar-refractivity contribution >= 4 is 11.6 Å². The van der Waals surface area contributed by atoms with E-state index in [1.54, 1.807) is 6.20 Å². The number of nitrogens with one attached hydrogen (secondary N) is 1. The predicted octanol–water partition coefficient (Wildman–Crippen LogP) is 0.775. The first-order valence-corrected chi connectivity index (χ1v) is 5.70. The fourth-order valence-corrected chi connectivity index (χ4v) is 2.08. The van der Waals surface area contributed by atoms with Crippen LogP contribution in [0.2, 0.25) is 0 Å². The number of carbonyl (C=O) groups excluding carboxylic acids is 1. The Morgan fingerprint density at radius 1 is 1.50 bits per heavy atom. The molecule has 0 atom stereocenters. The third-order valence-electron chi connectivity index (χ3n) is 3.09. The molecule has 4 heteroatoms. The first-order valence-electron chi connectivity index (χ1n) is 5.70. The minimum absolute atomic E-state index is 0.195. The summed E-state index contributed by atoms with van der Waals surface area (Å²) in [5.41, 5.74) is 6.58. The third-order valence-corrected chi connectivity index (χ3v) is 3.09. The quantitative estimate of drug-likeness (QED) is 0.788. The first-order chi connectivity index (χ1) is 7.77. The summed E-state index contributed by atoms with van der Waals surface area (Å²) in [6, 6.07) is 3.70. The van der Waals surface area contributed by atoms with Crippen LogP contribution in [0.1, 0.15) is 18.4 Å². The van der Waals surface area contributed by atoms with Crippen LogP contribution in [0, 0.1) is 5.92 Å². The van der Waals surface area contributed by atoms with E-state index in [2.05, 4.69) is 10.3 Å². The summed E-state index contributed by atoms with van der Waals surface area (Å²) in [4.78, 5) is 16.0. The van der Waals surface area contributed by atoms with E-state index >= 15 is 0 Å². The van der Waals surface area contributed by atoms with Crippen LogP contribution >= 0.6 is 0 Å². The Balaban J connectivity index is 1.99. The van der Waals surface area contributed by atoms with Crippen molar-refractivity contribution in [1.29, 1.82) is 0 Å². The van der Waals surface area contributed by atoms with Gasteiger partial charge in [-0.25, -0.2) is 4.98 Å². The van der Waals surface area contributed by atoms with E-state index in [9.17, 15) is 4.79 Å². The molecule has 1 aromatic heterocycles. The number of Topliss-reactive ketones (excluding diaryl/α,β-unsaturated/α-hetero) is 1. The minimum atomic E-state index is 0.195. The summed E-state index contributed by atoms with van der Waals surface area (Å²) in [6.07, 6.45) is 3.95. The number of aromatic nitrogens is 1. The first kappa shape index (κ1) is 11.1. The lowest BCUT2D eigenvalue weighted by Gasteiger charge is -2.21. The highest BCUT2D eigenvalue weighted by Crippen LogP contribution is 2.17. The molecule has 1 aromatic rings. The van der Waals surface area contributed by atoms with Crippen LogP contribution in [0.5, 0.6) is 0 Å². The Hall–Kier alpha value is -1.42. The monoisotopic (exact) mass is 219 g/mol. The Kier molecular flexibility index (Phi) is 3.51. The van der Waals surface area contributed by atoms with E-state index < -0.39 is 0 Å². The van der Waals surface area contributed by atoms with Crippen LogP contribution in [-0.4, -0.2) is 23.9 Å². The number of nitrogens with two attached hydrogens (primary N) is 1. The van der Waals surface area contributed by atoms with Crippen molar-refractivity contribution in [1.82, 2.24) is 10.3 Å². The second-order valence-corrected chi connectivity index (χ2v) is 4.22. The van der Waals surface area contributed by atoms with Gasteiger partial charge in [-0.3, -0.25) is 4.79 Å². The molecular formula is C12H17N3O. The van der Waals surface area contributed by atoms with Gasteiger partial charge in [-0.2, -0.15) is 0 Å². The molecular weight excluding hydrogens is 202 g/mol.